The van der Waals surface area contributed by atoms with Crippen molar-refractivity contribution in [1.29, 1.82) is 0 Å². The number of benzene rings is 1. The fraction of sp³-hybridized carbons (Fsp3) is 0.462. The minimum atomic E-state index is -0.547. The molecule has 4 N–H and O–H groups in total. The highest BCUT2D eigenvalue weighted by Crippen LogP contribution is 2.13. The van der Waals surface area contributed by atoms with Gasteiger partial charge in [-0.15, -0.1) is 12.4 Å². The number of nitrogens with two attached hydrogens (primary N) is 1. The number of halogens is 1. The Hall–Kier alpha value is -1.10. The van der Waals surface area contributed by atoms with Crippen LogP contribution in [0.3, 0.4) is 0 Å². The molecule has 1 aromatic rings. The van der Waals surface area contributed by atoms with Crippen molar-refractivity contribution in [3.8, 4) is 0 Å². The minimum absolute atomic E-state index is 0. The van der Waals surface area contributed by atoms with E-state index in [2.05, 4.69) is 5.32 Å². The summed E-state index contributed by atoms with van der Waals surface area (Å²) in [5.74, 6) is -0.0607. The number of hydrogen-bond donors (Lipinski definition) is 3. The van der Waals surface area contributed by atoms with Crippen LogP contribution in [-0.4, -0.2) is 17.6 Å². The Morgan fingerprint density at radius 3 is 2.56 bits per heavy atom. The van der Waals surface area contributed by atoms with Crippen LogP contribution in [0.1, 0.15) is 25.0 Å². The van der Waals surface area contributed by atoms with E-state index in [0.717, 1.165) is 11.1 Å². The Labute approximate surface area is 114 Å². The maximum absolute atomic E-state index is 11.8. The Bertz CT molecular complexity index is 394. The number of amides is 1. The number of aliphatic hydroxyl groups is 1. The predicted octanol–water partition coefficient (Wildman–Crippen LogP) is 1.20. The molecule has 0 saturated heterocycles. The fourth-order valence-electron chi connectivity index (χ4n) is 1.35. The molecule has 0 fully saturated rings. The Kier molecular flexibility index (Phi) is 6.91. The minimum Gasteiger partial charge on any atom is -0.392 e. The van der Waals surface area contributed by atoms with Gasteiger partial charge in [-0.05, 0) is 25.0 Å². The van der Waals surface area contributed by atoms with E-state index in [-0.39, 0.29) is 24.9 Å². The second-order valence-electron chi connectivity index (χ2n) is 4.75. The molecule has 0 atom stereocenters. The Morgan fingerprint density at radius 1 is 1.39 bits per heavy atom. The van der Waals surface area contributed by atoms with Crippen LogP contribution in [0.2, 0.25) is 0 Å². The zero-order valence-corrected chi connectivity index (χ0v) is 11.6. The third-order valence-corrected chi connectivity index (χ3v) is 2.75. The maximum Gasteiger partial charge on any atom is 0.227 e. The van der Waals surface area contributed by atoms with Crippen molar-refractivity contribution in [2.75, 3.05) is 6.54 Å². The molecule has 0 heterocycles. The van der Waals surface area contributed by atoms with Crippen LogP contribution >= 0.6 is 12.4 Å². The Balaban J connectivity index is 0.00000289. The van der Waals surface area contributed by atoms with Gasteiger partial charge in [0.2, 0.25) is 5.91 Å². The molecule has 5 heteroatoms. The largest absolute Gasteiger partial charge is 0.392 e. The van der Waals surface area contributed by atoms with E-state index in [1.54, 1.807) is 0 Å². The van der Waals surface area contributed by atoms with E-state index in [4.69, 9.17) is 10.8 Å². The van der Waals surface area contributed by atoms with Crippen LogP contribution in [0.25, 0.3) is 0 Å². The molecule has 0 unspecified atom stereocenters. The van der Waals surface area contributed by atoms with Crippen molar-refractivity contribution >= 4 is 18.3 Å². The quantitative estimate of drug-likeness (QED) is 0.754. The van der Waals surface area contributed by atoms with Gasteiger partial charge in [0.25, 0.3) is 0 Å². The zero-order valence-electron chi connectivity index (χ0n) is 10.8. The fourth-order valence-corrected chi connectivity index (χ4v) is 1.35. The molecule has 0 aliphatic carbocycles. The van der Waals surface area contributed by atoms with Gasteiger partial charge in [-0.3, -0.25) is 4.79 Å². The van der Waals surface area contributed by atoms with Crippen molar-refractivity contribution in [2.24, 2.45) is 11.1 Å². The third kappa shape index (κ3) is 4.64. The number of rotatable bonds is 5. The second-order valence-corrected chi connectivity index (χ2v) is 4.75. The standard InChI is InChI=1S/C13H20N2O2.ClH/c1-13(2,9-14)12(17)15-7-10-4-3-5-11(6-10)8-16;/h3-6,16H,7-9,14H2,1-2H3,(H,15,17);1H. The number of carbonyl (C=O) groups is 1. The van der Waals surface area contributed by atoms with Crippen molar-refractivity contribution in [1.82, 2.24) is 5.32 Å². The molecular formula is C13H21ClN2O2. The Morgan fingerprint density at radius 2 is 2.00 bits per heavy atom. The first-order valence-electron chi connectivity index (χ1n) is 5.66. The van der Waals surface area contributed by atoms with Gasteiger partial charge in [0.1, 0.15) is 0 Å². The average Bonchev–Trinajstić information content (AvgIpc) is 2.36. The SMILES string of the molecule is CC(C)(CN)C(=O)NCc1cccc(CO)c1.Cl. The van der Waals surface area contributed by atoms with E-state index >= 15 is 0 Å². The zero-order chi connectivity index (χ0) is 12.9. The van der Waals surface area contributed by atoms with E-state index in [9.17, 15) is 4.79 Å². The van der Waals surface area contributed by atoms with Crippen LogP contribution < -0.4 is 11.1 Å². The lowest BCUT2D eigenvalue weighted by atomic mass is 9.92. The van der Waals surface area contributed by atoms with E-state index in [1.807, 2.05) is 38.1 Å². The van der Waals surface area contributed by atoms with Gasteiger partial charge in [-0.25, -0.2) is 0 Å². The van der Waals surface area contributed by atoms with Crippen LogP contribution in [0.5, 0.6) is 0 Å². The summed E-state index contributed by atoms with van der Waals surface area (Å²) in [6.45, 7) is 4.40. The van der Waals surface area contributed by atoms with Gasteiger partial charge in [0, 0.05) is 13.1 Å². The maximum atomic E-state index is 11.8. The van der Waals surface area contributed by atoms with Gasteiger partial charge in [-0.1, -0.05) is 24.3 Å². The van der Waals surface area contributed by atoms with Gasteiger partial charge >= 0.3 is 0 Å². The molecule has 18 heavy (non-hydrogen) atoms. The highest BCUT2D eigenvalue weighted by atomic mass is 35.5. The summed E-state index contributed by atoms with van der Waals surface area (Å²) < 4.78 is 0. The molecule has 0 aliphatic rings. The monoisotopic (exact) mass is 272 g/mol. The molecule has 1 aromatic carbocycles. The summed E-state index contributed by atoms with van der Waals surface area (Å²) in [5.41, 5.74) is 6.79. The molecule has 4 nitrogen and oxygen atoms in total. The highest BCUT2D eigenvalue weighted by Gasteiger charge is 2.25. The molecule has 0 saturated carbocycles. The predicted molar refractivity (Wildman–Crippen MR) is 74.3 cm³/mol. The third-order valence-electron chi connectivity index (χ3n) is 2.75. The van der Waals surface area contributed by atoms with E-state index < -0.39 is 5.41 Å². The lowest BCUT2D eigenvalue weighted by molar-refractivity contribution is -0.129. The summed E-state index contributed by atoms with van der Waals surface area (Å²) in [6, 6.07) is 7.49. The smallest absolute Gasteiger partial charge is 0.227 e. The van der Waals surface area contributed by atoms with Crippen LogP contribution in [-0.2, 0) is 17.9 Å². The van der Waals surface area contributed by atoms with Crippen LogP contribution in [0, 0.1) is 5.41 Å². The first kappa shape index (κ1) is 16.9. The lowest BCUT2D eigenvalue weighted by Gasteiger charge is -2.21. The van der Waals surface area contributed by atoms with Crippen molar-refractivity contribution in [2.45, 2.75) is 27.0 Å². The van der Waals surface area contributed by atoms with Gasteiger partial charge in [-0.2, -0.15) is 0 Å². The average molecular weight is 273 g/mol. The second kappa shape index (κ2) is 7.36. The normalized spacial score (nSPS) is 10.7. The molecule has 0 bridgehead atoms. The lowest BCUT2D eigenvalue weighted by Crippen LogP contribution is -2.41. The molecular weight excluding hydrogens is 252 g/mol. The number of aliphatic hydroxyl groups excluding tert-OH is 1. The van der Waals surface area contributed by atoms with Gasteiger partial charge in [0.05, 0.1) is 12.0 Å². The molecule has 0 aromatic heterocycles. The summed E-state index contributed by atoms with van der Waals surface area (Å²) >= 11 is 0. The van der Waals surface area contributed by atoms with Crippen LogP contribution in [0.4, 0.5) is 0 Å². The first-order chi connectivity index (χ1) is 7.99. The van der Waals surface area contributed by atoms with Crippen LogP contribution in [0.15, 0.2) is 24.3 Å². The van der Waals surface area contributed by atoms with Crippen molar-refractivity contribution in [3.63, 3.8) is 0 Å². The molecule has 1 amide bonds. The van der Waals surface area contributed by atoms with E-state index in [0.29, 0.717) is 13.1 Å². The summed E-state index contributed by atoms with van der Waals surface area (Å²) in [4.78, 5) is 11.8. The molecule has 102 valence electrons. The molecule has 1 rings (SSSR count). The highest BCUT2D eigenvalue weighted by molar-refractivity contribution is 5.85. The number of carbonyl (C=O) groups excluding carboxylic acids is 1. The first-order valence-corrected chi connectivity index (χ1v) is 5.66. The molecule has 0 aliphatic heterocycles. The van der Waals surface area contributed by atoms with E-state index in [1.165, 1.54) is 0 Å². The summed E-state index contributed by atoms with van der Waals surface area (Å²) in [7, 11) is 0. The van der Waals surface area contributed by atoms with Crippen molar-refractivity contribution < 1.29 is 9.90 Å². The number of hydrogen-bond acceptors (Lipinski definition) is 3. The topological polar surface area (TPSA) is 75.4 Å². The molecule has 0 spiro atoms. The van der Waals surface area contributed by atoms with Gasteiger partial charge in [0.15, 0.2) is 0 Å². The number of nitrogens with one attached hydrogen (secondary N) is 1. The van der Waals surface area contributed by atoms with Gasteiger partial charge < -0.3 is 16.2 Å². The summed E-state index contributed by atoms with van der Waals surface area (Å²) in [5, 5.41) is 11.8. The molecule has 0 radical (unpaired) electrons. The van der Waals surface area contributed by atoms with Crippen molar-refractivity contribution in [3.05, 3.63) is 35.4 Å². The summed E-state index contributed by atoms with van der Waals surface area (Å²) in [6.07, 6.45) is 0.